The summed E-state index contributed by atoms with van der Waals surface area (Å²) in [5.41, 5.74) is 1.54. The predicted molar refractivity (Wildman–Crippen MR) is 77.5 cm³/mol. The molecule has 1 aliphatic rings. The lowest BCUT2D eigenvalue weighted by Gasteiger charge is -2.16. The van der Waals surface area contributed by atoms with Crippen molar-refractivity contribution < 1.29 is 14.3 Å². The maximum atomic E-state index is 13.0. The highest BCUT2D eigenvalue weighted by molar-refractivity contribution is 7.99. The van der Waals surface area contributed by atoms with E-state index >= 15 is 0 Å². The molecule has 0 aromatic heterocycles. The molecule has 4 heteroatoms. The van der Waals surface area contributed by atoms with E-state index in [0.29, 0.717) is 11.3 Å². The molecule has 3 rings (SSSR count). The Morgan fingerprint density at radius 1 is 1.20 bits per heavy atom. The molecule has 1 aliphatic heterocycles. The highest BCUT2D eigenvalue weighted by Gasteiger charge is 2.22. The molecule has 1 N–H and O–H groups in total. The summed E-state index contributed by atoms with van der Waals surface area (Å²) in [4.78, 5) is 13.6. The van der Waals surface area contributed by atoms with Crippen LogP contribution in [0.3, 0.4) is 0 Å². The number of halogens is 1. The normalized spacial score (nSPS) is 13.6. The molecule has 100 valence electrons. The molecule has 0 saturated carbocycles. The van der Waals surface area contributed by atoms with Crippen LogP contribution in [0.4, 0.5) is 4.39 Å². The van der Waals surface area contributed by atoms with Crippen molar-refractivity contribution in [2.24, 2.45) is 0 Å². The van der Waals surface area contributed by atoms with E-state index in [1.165, 1.54) is 12.1 Å². The second-order valence-electron chi connectivity index (χ2n) is 4.42. The van der Waals surface area contributed by atoms with Crippen LogP contribution < -0.4 is 0 Å². The Bertz CT molecular complexity index is 722. The number of aromatic hydroxyl groups is 1. The third-order valence-corrected chi connectivity index (χ3v) is 4.15. The van der Waals surface area contributed by atoms with Crippen molar-refractivity contribution >= 4 is 23.1 Å². The largest absolute Gasteiger partial charge is 0.507 e. The first-order valence-corrected chi connectivity index (χ1v) is 7.11. The molecule has 20 heavy (non-hydrogen) atoms. The summed E-state index contributed by atoms with van der Waals surface area (Å²) in [6.45, 7) is 0. The van der Waals surface area contributed by atoms with Crippen LogP contribution in [0.2, 0.25) is 0 Å². The van der Waals surface area contributed by atoms with Gasteiger partial charge in [0.25, 0.3) is 0 Å². The second-order valence-corrected chi connectivity index (χ2v) is 5.48. The van der Waals surface area contributed by atoms with E-state index in [9.17, 15) is 14.3 Å². The molecule has 0 atom stereocenters. The standard InChI is InChI=1S/C16H11FO2S/c17-10-5-6-13(14(18)9-10)16(19)12-7-8-20-15-4-2-1-3-11(12)15/h1-7,9,18H,8H2. The predicted octanol–water partition coefficient (Wildman–Crippen LogP) is 3.90. The Kier molecular flexibility index (Phi) is 3.32. The summed E-state index contributed by atoms with van der Waals surface area (Å²) in [7, 11) is 0. The van der Waals surface area contributed by atoms with E-state index < -0.39 is 5.82 Å². The highest BCUT2D eigenvalue weighted by Crippen LogP contribution is 2.36. The summed E-state index contributed by atoms with van der Waals surface area (Å²) >= 11 is 1.66. The number of allylic oxidation sites excluding steroid dienone is 1. The Morgan fingerprint density at radius 3 is 2.80 bits per heavy atom. The van der Waals surface area contributed by atoms with E-state index in [4.69, 9.17) is 0 Å². The molecule has 0 aliphatic carbocycles. The number of carbonyl (C=O) groups excluding carboxylic acids is 1. The first-order valence-electron chi connectivity index (χ1n) is 6.12. The van der Waals surface area contributed by atoms with Gasteiger partial charge in [0, 0.05) is 22.3 Å². The summed E-state index contributed by atoms with van der Waals surface area (Å²) in [6, 6.07) is 11.1. The molecule has 1 heterocycles. The minimum absolute atomic E-state index is 0.124. The molecule has 2 aromatic rings. The Hall–Kier alpha value is -2.07. The van der Waals surface area contributed by atoms with Crippen LogP contribution in [0.5, 0.6) is 5.75 Å². The molecule has 0 unspecified atom stereocenters. The minimum Gasteiger partial charge on any atom is -0.507 e. The van der Waals surface area contributed by atoms with Crippen LogP contribution in [0.1, 0.15) is 15.9 Å². The zero-order valence-corrected chi connectivity index (χ0v) is 11.3. The first kappa shape index (κ1) is 12.9. The molecule has 0 saturated heterocycles. The molecule has 0 bridgehead atoms. The number of fused-ring (bicyclic) bond motifs is 1. The van der Waals surface area contributed by atoms with Gasteiger partial charge in [-0.25, -0.2) is 4.39 Å². The number of phenolic OH excluding ortho intramolecular Hbond substituents is 1. The van der Waals surface area contributed by atoms with Gasteiger partial charge in [-0.2, -0.15) is 0 Å². The van der Waals surface area contributed by atoms with E-state index in [0.717, 1.165) is 16.5 Å². The third-order valence-electron chi connectivity index (χ3n) is 3.15. The molecule has 0 spiro atoms. The number of rotatable bonds is 2. The van der Waals surface area contributed by atoms with E-state index in [1.807, 2.05) is 30.3 Å². The highest BCUT2D eigenvalue weighted by atomic mass is 32.2. The maximum absolute atomic E-state index is 13.0. The average Bonchev–Trinajstić information content (AvgIpc) is 2.46. The lowest BCUT2D eigenvalue weighted by molar-refractivity contribution is 0.105. The molecule has 2 nitrogen and oxygen atoms in total. The summed E-state index contributed by atoms with van der Waals surface area (Å²) in [5.74, 6) is -0.463. The van der Waals surface area contributed by atoms with Gasteiger partial charge in [-0.15, -0.1) is 11.8 Å². The van der Waals surface area contributed by atoms with Crippen LogP contribution in [0, 0.1) is 5.82 Å². The van der Waals surface area contributed by atoms with Gasteiger partial charge in [-0.05, 0) is 23.8 Å². The minimum atomic E-state index is -0.562. The lowest BCUT2D eigenvalue weighted by atomic mass is 9.95. The summed E-state index contributed by atoms with van der Waals surface area (Å²) in [6.07, 6.45) is 1.85. The molecule has 2 aromatic carbocycles. The fourth-order valence-electron chi connectivity index (χ4n) is 2.20. The monoisotopic (exact) mass is 286 g/mol. The molecular weight excluding hydrogens is 275 g/mol. The molecule has 0 fully saturated rings. The van der Waals surface area contributed by atoms with Crippen LogP contribution in [0.25, 0.3) is 5.57 Å². The first-order chi connectivity index (χ1) is 9.66. The smallest absolute Gasteiger partial charge is 0.197 e. The lowest BCUT2D eigenvalue weighted by Crippen LogP contribution is -2.07. The Morgan fingerprint density at radius 2 is 2.00 bits per heavy atom. The quantitative estimate of drug-likeness (QED) is 0.851. The summed E-state index contributed by atoms with van der Waals surface area (Å²) < 4.78 is 13.0. The van der Waals surface area contributed by atoms with Gasteiger partial charge < -0.3 is 5.11 Å². The van der Waals surface area contributed by atoms with Gasteiger partial charge >= 0.3 is 0 Å². The van der Waals surface area contributed by atoms with Crippen molar-refractivity contribution in [2.75, 3.05) is 5.75 Å². The number of phenols is 1. The third kappa shape index (κ3) is 2.23. The van der Waals surface area contributed by atoms with Gasteiger partial charge in [-0.3, -0.25) is 4.79 Å². The number of carbonyl (C=O) groups is 1. The van der Waals surface area contributed by atoms with Crippen molar-refractivity contribution in [3.8, 4) is 5.75 Å². The SMILES string of the molecule is O=C(C1=CCSc2ccccc21)c1ccc(F)cc1O. The van der Waals surface area contributed by atoms with Crippen LogP contribution in [0.15, 0.2) is 53.4 Å². The average molecular weight is 286 g/mol. The van der Waals surface area contributed by atoms with Crippen LogP contribution >= 0.6 is 11.8 Å². The fraction of sp³-hybridized carbons (Fsp3) is 0.0625. The molecule has 0 radical (unpaired) electrons. The Labute approximate surface area is 119 Å². The van der Waals surface area contributed by atoms with Gasteiger partial charge in [-0.1, -0.05) is 24.3 Å². The van der Waals surface area contributed by atoms with Crippen molar-refractivity contribution in [2.45, 2.75) is 4.90 Å². The van der Waals surface area contributed by atoms with Gasteiger partial charge in [0.1, 0.15) is 11.6 Å². The number of ketones is 1. The topological polar surface area (TPSA) is 37.3 Å². The van der Waals surface area contributed by atoms with Crippen molar-refractivity contribution in [1.82, 2.24) is 0 Å². The number of hydrogen-bond donors (Lipinski definition) is 1. The summed E-state index contributed by atoms with van der Waals surface area (Å²) in [5, 5.41) is 9.75. The van der Waals surface area contributed by atoms with E-state index in [1.54, 1.807) is 11.8 Å². The van der Waals surface area contributed by atoms with Crippen LogP contribution in [-0.2, 0) is 0 Å². The zero-order chi connectivity index (χ0) is 14.1. The molecular formula is C16H11FO2S. The zero-order valence-electron chi connectivity index (χ0n) is 10.5. The maximum Gasteiger partial charge on any atom is 0.197 e. The second kappa shape index (κ2) is 5.13. The van der Waals surface area contributed by atoms with Gasteiger partial charge in [0.2, 0.25) is 0 Å². The van der Waals surface area contributed by atoms with Crippen molar-refractivity contribution in [1.29, 1.82) is 0 Å². The van der Waals surface area contributed by atoms with E-state index in [-0.39, 0.29) is 17.1 Å². The molecule has 0 amide bonds. The van der Waals surface area contributed by atoms with Crippen molar-refractivity contribution in [3.05, 3.63) is 65.5 Å². The van der Waals surface area contributed by atoms with Gasteiger partial charge in [0.05, 0.1) is 5.56 Å². The van der Waals surface area contributed by atoms with E-state index in [2.05, 4.69) is 0 Å². The number of thioether (sulfide) groups is 1. The van der Waals surface area contributed by atoms with Gasteiger partial charge in [0.15, 0.2) is 5.78 Å². The fourth-order valence-corrected chi connectivity index (χ4v) is 3.13. The Balaban J connectivity index is 2.05. The number of hydrogen-bond acceptors (Lipinski definition) is 3. The number of Topliss-reactive ketones (excluding diaryl/α,β-unsaturated/α-hetero) is 1. The van der Waals surface area contributed by atoms with Crippen LogP contribution in [-0.4, -0.2) is 16.6 Å². The number of benzene rings is 2. The van der Waals surface area contributed by atoms with Crippen molar-refractivity contribution in [3.63, 3.8) is 0 Å².